The Bertz CT molecular complexity index is 1530. The maximum absolute atomic E-state index is 13.8. The van der Waals surface area contributed by atoms with E-state index in [9.17, 15) is 19.7 Å². The average molecular weight is 501 g/mol. The number of amides is 2. The molecule has 2 amide bonds. The summed E-state index contributed by atoms with van der Waals surface area (Å²) in [5.41, 5.74) is 2.01. The van der Waals surface area contributed by atoms with Crippen LogP contribution in [0.5, 0.6) is 0 Å². The number of fused-ring (bicyclic) bond motifs is 2. The SMILES string of the molecule is O=C1C2ON(c3ccccc3)C(c3cc4ccccc4nc3Cl)C2C(=O)N1c1ccc([N+](=O)[O-])cc1. The molecule has 0 spiro atoms. The number of hydrogen-bond donors (Lipinski definition) is 0. The van der Waals surface area contributed by atoms with E-state index in [0.29, 0.717) is 16.8 Å². The Morgan fingerprint density at radius 2 is 1.58 bits per heavy atom. The minimum absolute atomic E-state index is 0.142. The highest BCUT2D eigenvalue weighted by molar-refractivity contribution is 6.31. The zero-order valence-electron chi connectivity index (χ0n) is 18.5. The standard InChI is InChI=1S/C26H17ClN4O5/c27-24-19(14-15-6-4-5-9-20(15)28-24)22-21-23(36-30(22)17-7-2-1-3-8-17)26(33)29(25(21)32)16-10-12-18(13-11-16)31(34)35/h1-14,21-23H. The van der Waals surface area contributed by atoms with E-state index in [2.05, 4.69) is 4.98 Å². The number of hydrogen-bond acceptors (Lipinski definition) is 7. The van der Waals surface area contributed by atoms with Crippen LogP contribution >= 0.6 is 11.6 Å². The van der Waals surface area contributed by atoms with Crippen LogP contribution in [-0.2, 0) is 14.4 Å². The molecule has 0 aliphatic carbocycles. The van der Waals surface area contributed by atoms with Crippen molar-refractivity contribution in [3.8, 4) is 0 Å². The maximum Gasteiger partial charge on any atom is 0.269 e. The predicted molar refractivity (Wildman–Crippen MR) is 132 cm³/mol. The number of carbonyl (C=O) groups is 2. The van der Waals surface area contributed by atoms with Crippen molar-refractivity contribution in [2.24, 2.45) is 5.92 Å². The molecular formula is C26H17ClN4O5. The number of nitro benzene ring substituents is 1. The number of pyridine rings is 1. The quantitative estimate of drug-likeness (QED) is 0.171. The number of benzene rings is 3. The number of hydroxylamine groups is 1. The van der Waals surface area contributed by atoms with Crippen molar-refractivity contribution in [3.63, 3.8) is 0 Å². The van der Waals surface area contributed by atoms with Crippen LogP contribution < -0.4 is 9.96 Å². The normalized spacial score (nSPS) is 21.3. The van der Waals surface area contributed by atoms with Crippen molar-refractivity contribution in [3.05, 3.63) is 106 Å². The molecule has 178 valence electrons. The summed E-state index contributed by atoms with van der Waals surface area (Å²) in [6.45, 7) is 0. The minimum atomic E-state index is -1.10. The molecule has 2 aliphatic rings. The van der Waals surface area contributed by atoms with E-state index in [-0.39, 0.29) is 16.5 Å². The molecule has 3 unspecified atom stereocenters. The third kappa shape index (κ3) is 3.40. The van der Waals surface area contributed by atoms with Gasteiger partial charge in [-0.2, -0.15) is 0 Å². The molecule has 4 aromatic rings. The van der Waals surface area contributed by atoms with Gasteiger partial charge in [-0.05, 0) is 36.4 Å². The number of imide groups is 1. The molecule has 36 heavy (non-hydrogen) atoms. The van der Waals surface area contributed by atoms with Crippen molar-refractivity contribution < 1.29 is 19.3 Å². The third-order valence-corrected chi connectivity index (χ3v) is 6.77. The van der Waals surface area contributed by atoms with E-state index < -0.39 is 34.8 Å². The van der Waals surface area contributed by atoms with Crippen LogP contribution in [0, 0.1) is 16.0 Å². The fourth-order valence-corrected chi connectivity index (χ4v) is 5.08. The molecule has 0 bridgehead atoms. The summed E-state index contributed by atoms with van der Waals surface area (Å²) in [5, 5.41) is 13.6. The van der Waals surface area contributed by atoms with Gasteiger partial charge in [0.1, 0.15) is 11.1 Å². The fourth-order valence-electron chi connectivity index (χ4n) is 4.82. The lowest BCUT2D eigenvalue weighted by Gasteiger charge is -2.29. The number of nitro groups is 1. The number of para-hydroxylation sites is 2. The van der Waals surface area contributed by atoms with Gasteiger partial charge in [-0.25, -0.2) is 14.9 Å². The lowest BCUT2D eigenvalue weighted by molar-refractivity contribution is -0.384. The van der Waals surface area contributed by atoms with Crippen molar-refractivity contribution >= 4 is 51.4 Å². The number of rotatable bonds is 4. The average Bonchev–Trinajstić information content (AvgIpc) is 3.40. The van der Waals surface area contributed by atoms with E-state index in [0.717, 1.165) is 10.3 Å². The van der Waals surface area contributed by atoms with Crippen LogP contribution in [0.3, 0.4) is 0 Å². The molecule has 2 saturated heterocycles. The maximum atomic E-state index is 13.8. The van der Waals surface area contributed by atoms with Crippen molar-refractivity contribution in [1.82, 2.24) is 4.98 Å². The van der Waals surface area contributed by atoms with Gasteiger partial charge in [-0.15, -0.1) is 0 Å². The highest BCUT2D eigenvalue weighted by Crippen LogP contribution is 2.49. The predicted octanol–water partition coefficient (Wildman–Crippen LogP) is 4.85. The molecule has 10 heteroatoms. The van der Waals surface area contributed by atoms with Crippen molar-refractivity contribution in [2.45, 2.75) is 12.1 Å². The lowest BCUT2D eigenvalue weighted by atomic mass is 9.90. The van der Waals surface area contributed by atoms with Crippen LogP contribution in [0.15, 0.2) is 84.9 Å². The minimum Gasteiger partial charge on any atom is -0.273 e. The largest absolute Gasteiger partial charge is 0.273 e. The summed E-state index contributed by atoms with van der Waals surface area (Å²) in [4.78, 5) is 49.4. The van der Waals surface area contributed by atoms with Crippen LogP contribution in [0.25, 0.3) is 10.9 Å². The van der Waals surface area contributed by atoms with Gasteiger partial charge in [0.05, 0.1) is 27.9 Å². The second kappa shape index (κ2) is 8.40. The van der Waals surface area contributed by atoms with Gasteiger partial charge in [0.25, 0.3) is 11.6 Å². The van der Waals surface area contributed by atoms with Crippen LogP contribution in [0.2, 0.25) is 5.15 Å². The summed E-state index contributed by atoms with van der Waals surface area (Å²) in [5.74, 6) is -1.94. The highest BCUT2D eigenvalue weighted by Gasteiger charge is 2.60. The Kier molecular flexibility index (Phi) is 5.17. The van der Waals surface area contributed by atoms with Gasteiger partial charge in [-0.3, -0.25) is 24.5 Å². The Balaban J connectivity index is 1.46. The lowest BCUT2D eigenvalue weighted by Crippen LogP contribution is -2.37. The summed E-state index contributed by atoms with van der Waals surface area (Å²) in [6, 6.07) is 23.0. The van der Waals surface area contributed by atoms with Gasteiger partial charge in [0.2, 0.25) is 5.91 Å². The van der Waals surface area contributed by atoms with E-state index in [1.165, 1.54) is 24.3 Å². The molecule has 6 rings (SSSR count). The molecule has 9 nitrogen and oxygen atoms in total. The molecule has 0 saturated carbocycles. The summed E-state index contributed by atoms with van der Waals surface area (Å²) in [7, 11) is 0. The Morgan fingerprint density at radius 3 is 2.31 bits per heavy atom. The van der Waals surface area contributed by atoms with E-state index >= 15 is 0 Å². The summed E-state index contributed by atoms with van der Waals surface area (Å²) < 4.78 is 0. The van der Waals surface area contributed by atoms with Gasteiger partial charge >= 0.3 is 0 Å². The first kappa shape index (κ1) is 22.1. The molecule has 0 N–H and O–H groups in total. The van der Waals surface area contributed by atoms with E-state index in [4.69, 9.17) is 16.4 Å². The Morgan fingerprint density at radius 1 is 0.889 bits per heavy atom. The number of carbonyl (C=O) groups excluding carboxylic acids is 2. The monoisotopic (exact) mass is 500 g/mol. The summed E-state index contributed by atoms with van der Waals surface area (Å²) in [6.07, 6.45) is -1.10. The number of non-ortho nitro benzene ring substituents is 1. The fraction of sp³-hybridized carbons (Fsp3) is 0.115. The number of halogens is 1. The van der Waals surface area contributed by atoms with E-state index in [1.54, 1.807) is 5.06 Å². The Hall–Kier alpha value is -4.34. The van der Waals surface area contributed by atoms with Crippen LogP contribution in [-0.4, -0.2) is 27.8 Å². The van der Waals surface area contributed by atoms with Gasteiger partial charge in [-0.1, -0.05) is 48.0 Å². The van der Waals surface area contributed by atoms with Gasteiger partial charge < -0.3 is 0 Å². The topological polar surface area (TPSA) is 106 Å². The molecular weight excluding hydrogens is 484 g/mol. The molecule has 3 heterocycles. The number of anilines is 2. The molecule has 1 aromatic heterocycles. The second-order valence-corrected chi connectivity index (χ2v) is 8.86. The first-order valence-corrected chi connectivity index (χ1v) is 11.5. The Labute approximate surface area is 209 Å². The number of aromatic nitrogens is 1. The van der Waals surface area contributed by atoms with Gasteiger partial charge in [0, 0.05) is 23.1 Å². The first-order valence-electron chi connectivity index (χ1n) is 11.1. The van der Waals surface area contributed by atoms with Gasteiger partial charge in [0.15, 0.2) is 6.10 Å². The zero-order valence-corrected chi connectivity index (χ0v) is 19.3. The van der Waals surface area contributed by atoms with Crippen molar-refractivity contribution in [2.75, 3.05) is 9.96 Å². The third-order valence-electron chi connectivity index (χ3n) is 6.47. The van der Waals surface area contributed by atoms with Crippen LogP contribution in [0.4, 0.5) is 17.1 Å². The second-order valence-electron chi connectivity index (χ2n) is 8.50. The summed E-state index contributed by atoms with van der Waals surface area (Å²) >= 11 is 6.64. The molecule has 2 aliphatic heterocycles. The highest BCUT2D eigenvalue weighted by atomic mass is 35.5. The smallest absolute Gasteiger partial charge is 0.269 e. The number of nitrogens with zero attached hydrogens (tertiary/aromatic N) is 4. The van der Waals surface area contributed by atoms with Crippen LogP contribution in [0.1, 0.15) is 11.6 Å². The van der Waals surface area contributed by atoms with Crippen molar-refractivity contribution in [1.29, 1.82) is 0 Å². The van der Waals surface area contributed by atoms with E-state index in [1.807, 2.05) is 60.7 Å². The molecule has 0 radical (unpaired) electrons. The molecule has 2 fully saturated rings. The zero-order chi connectivity index (χ0) is 25.0. The molecule has 3 aromatic carbocycles. The first-order chi connectivity index (χ1) is 17.4. The molecule has 3 atom stereocenters.